The summed E-state index contributed by atoms with van der Waals surface area (Å²) in [5.41, 5.74) is 1.32. The lowest BCUT2D eigenvalue weighted by molar-refractivity contribution is -0.134. The second-order valence-electron chi connectivity index (χ2n) is 6.23. The van der Waals surface area contributed by atoms with E-state index in [4.69, 9.17) is 0 Å². The highest BCUT2D eigenvalue weighted by Gasteiger charge is 2.30. The molecule has 1 aliphatic rings. The highest BCUT2D eigenvalue weighted by molar-refractivity contribution is 5.92. The van der Waals surface area contributed by atoms with Gasteiger partial charge < -0.3 is 14.8 Å². The van der Waals surface area contributed by atoms with Crippen LogP contribution in [0.25, 0.3) is 0 Å². The molecule has 1 aliphatic heterocycles. The van der Waals surface area contributed by atoms with Crippen LogP contribution in [0.1, 0.15) is 54.6 Å². The average Bonchev–Trinajstić information content (AvgIpc) is 3.06. The van der Waals surface area contributed by atoms with Gasteiger partial charge in [0.1, 0.15) is 11.5 Å². The number of aromatic nitrogens is 3. The summed E-state index contributed by atoms with van der Waals surface area (Å²) in [5.74, 6) is 0.693. The van der Waals surface area contributed by atoms with Gasteiger partial charge in [-0.3, -0.25) is 14.6 Å². The van der Waals surface area contributed by atoms with Crippen LogP contribution in [0.3, 0.4) is 0 Å². The lowest BCUT2D eigenvalue weighted by atomic mass is 10.2. The minimum absolute atomic E-state index is 0.118. The summed E-state index contributed by atoms with van der Waals surface area (Å²) in [6, 6.07) is 3.62. The third kappa shape index (κ3) is 3.70. The van der Waals surface area contributed by atoms with Crippen LogP contribution in [0.5, 0.6) is 0 Å². The lowest BCUT2D eigenvalue weighted by Crippen LogP contribution is -2.40. The molecule has 1 N–H and O–H groups in total. The number of amides is 2. The largest absolute Gasteiger partial charge is 0.347 e. The molecule has 0 bridgehead atoms. The predicted octanol–water partition coefficient (Wildman–Crippen LogP) is 1.91. The van der Waals surface area contributed by atoms with Crippen molar-refractivity contribution in [2.24, 2.45) is 0 Å². The molecule has 0 unspecified atom stereocenters. The summed E-state index contributed by atoms with van der Waals surface area (Å²) in [6.07, 6.45) is 6.56. The number of imidazole rings is 1. The van der Waals surface area contributed by atoms with E-state index < -0.39 is 0 Å². The molecule has 1 atom stereocenters. The number of carbonyl (C=O) groups is 2. The van der Waals surface area contributed by atoms with E-state index in [1.807, 2.05) is 35.4 Å². The first-order valence-electron chi connectivity index (χ1n) is 8.63. The Bertz CT molecular complexity index is 756. The Balaban J connectivity index is 1.69. The summed E-state index contributed by atoms with van der Waals surface area (Å²) in [6.45, 7) is 5.69. The molecule has 0 fully saturated rings. The maximum Gasteiger partial charge on any atom is 0.271 e. The number of nitrogens with one attached hydrogen (secondary N) is 1. The Hall–Kier alpha value is -2.70. The van der Waals surface area contributed by atoms with E-state index in [2.05, 4.69) is 15.3 Å². The molecule has 25 heavy (non-hydrogen) atoms. The van der Waals surface area contributed by atoms with Gasteiger partial charge >= 0.3 is 0 Å². The Kier molecular flexibility index (Phi) is 5.11. The molecule has 2 aromatic rings. The van der Waals surface area contributed by atoms with Crippen molar-refractivity contribution in [2.45, 2.75) is 45.8 Å². The molecular weight excluding hydrogens is 318 g/mol. The van der Waals surface area contributed by atoms with Gasteiger partial charge in [-0.05, 0) is 25.0 Å². The van der Waals surface area contributed by atoms with E-state index in [0.717, 1.165) is 17.8 Å². The molecule has 2 aromatic heterocycles. The molecule has 0 radical (unpaired) electrons. The van der Waals surface area contributed by atoms with Crippen LogP contribution in [0.15, 0.2) is 30.7 Å². The predicted molar refractivity (Wildman–Crippen MR) is 92.7 cm³/mol. The van der Waals surface area contributed by atoms with Crippen molar-refractivity contribution >= 4 is 11.8 Å². The first-order valence-corrected chi connectivity index (χ1v) is 8.63. The van der Waals surface area contributed by atoms with E-state index in [-0.39, 0.29) is 17.9 Å². The van der Waals surface area contributed by atoms with Gasteiger partial charge in [0.15, 0.2) is 0 Å². The van der Waals surface area contributed by atoms with Crippen LogP contribution < -0.4 is 5.32 Å². The van der Waals surface area contributed by atoms with Gasteiger partial charge in [0, 0.05) is 44.6 Å². The zero-order valence-electron chi connectivity index (χ0n) is 14.6. The van der Waals surface area contributed by atoms with Crippen molar-refractivity contribution in [3.8, 4) is 0 Å². The molecule has 3 heterocycles. The number of pyridine rings is 1. The Morgan fingerprint density at radius 3 is 2.92 bits per heavy atom. The van der Waals surface area contributed by atoms with E-state index >= 15 is 0 Å². The van der Waals surface area contributed by atoms with E-state index in [1.54, 1.807) is 18.6 Å². The first kappa shape index (κ1) is 17.1. The molecule has 7 heteroatoms. The normalized spacial score (nSPS) is 16.4. The number of carbonyl (C=O) groups excluding carboxylic acids is 2. The van der Waals surface area contributed by atoms with Crippen LogP contribution in [-0.4, -0.2) is 37.8 Å². The fourth-order valence-corrected chi connectivity index (χ4v) is 3.07. The molecule has 132 valence electrons. The van der Waals surface area contributed by atoms with Gasteiger partial charge in [-0.15, -0.1) is 0 Å². The van der Waals surface area contributed by atoms with E-state index in [0.29, 0.717) is 31.7 Å². The minimum atomic E-state index is -0.218. The van der Waals surface area contributed by atoms with Gasteiger partial charge in [0.2, 0.25) is 5.91 Å². The standard InChI is InChI=1S/C18H23N5O2/c1-3-5-16(24)23-9-8-22-12-15(21-17(22)13(23)2)18(25)20-11-14-6-4-7-19-10-14/h4,6-7,10,12-13H,3,5,8-9,11H2,1-2H3,(H,20,25)/t13-/m1/s1. The fourth-order valence-electron chi connectivity index (χ4n) is 3.07. The van der Waals surface area contributed by atoms with Crippen LogP contribution in [0.4, 0.5) is 0 Å². The molecule has 0 spiro atoms. The number of hydrogen-bond donors (Lipinski definition) is 1. The van der Waals surface area contributed by atoms with Crippen LogP contribution in [0, 0.1) is 0 Å². The lowest BCUT2D eigenvalue weighted by Gasteiger charge is -2.33. The van der Waals surface area contributed by atoms with Crippen molar-refractivity contribution in [3.05, 3.63) is 47.8 Å². The topological polar surface area (TPSA) is 80.1 Å². The van der Waals surface area contributed by atoms with E-state index in [9.17, 15) is 9.59 Å². The van der Waals surface area contributed by atoms with Gasteiger partial charge in [-0.1, -0.05) is 13.0 Å². The summed E-state index contributed by atoms with van der Waals surface area (Å²) < 4.78 is 1.97. The fraction of sp³-hybridized carbons (Fsp3) is 0.444. The number of rotatable bonds is 5. The monoisotopic (exact) mass is 341 g/mol. The average molecular weight is 341 g/mol. The second-order valence-corrected chi connectivity index (χ2v) is 6.23. The van der Waals surface area contributed by atoms with Gasteiger partial charge in [-0.2, -0.15) is 0 Å². The van der Waals surface area contributed by atoms with Crippen LogP contribution in [-0.2, 0) is 17.9 Å². The molecule has 2 amide bonds. The third-order valence-electron chi connectivity index (χ3n) is 4.42. The Labute approximate surface area is 147 Å². The maximum absolute atomic E-state index is 12.4. The minimum Gasteiger partial charge on any atom is -0.347 e. The van der Waals surface area contributed by atoms with Crippen molar-refractivity contribution in [3.63, 3.8) is 0 Å². The van der Waals surface area contributed by atoms with Gasteiger partial charge in [-0.25, -0.2) is 4.98 Å². The summed E-state index contributed by atoms with van der Waals surface area (Å²) in [4.78, 5) is 35.0. The Morgan fingerprint density at radius 1 is 1.36 bits per heavy atom. The third-order valence-corrected chi connectivity index (χ3v) is 4.42. The van der Waals surface area contributed by atoms with Crippen molar-refractivity contribution in [1.29, 1.82) is 0 Å². The molecule has 0 aromatic carbocycles. The van der Waals surface area contributed by atoms with Crippen LogP contribution >= 0.6 is 0 Å². The highest BCUT2D eigenvalue weighted by Crippen LogP contribution is 2.25. The molecular formula is C18H23N5O2. The zero-order chi connectivity index (χ0) is 17.8. The maximum atomic E-state index is 12.4. The number of nitrogens with zero attached hydrogens (tertiary/aromatic N) is 4. The van der Waals surface area contributed by atoms with Crippen LogP contribution in [0.2, 0.25) is 0 Å². The van der Waals surface area contributed by atoms with Gasteiger partial charge in [0.25, 0.3) is 5.91 Å². The first-order chi connectivity index (χ1) is 12.1. The molecule has 0 saturated heterocycles. The van der Waals surface area contributed by atoms with Crippen molar-refractivity contribution in [2.75, 3.05) is 6.54 Å². The summed E-state index contributed by atoms with van der Waals surface area (Å²) >= 11 is 0. The van der Waals surface area contributed by atoms with Crippen molar-refractivity contribution < 1.29 is 9.59 Å². The van der Waals surface area contributed by atoms with Gasteiger partial charge in [0.05, 0.1) is 6.04 Å². The SMILES string of the molecule is CCCC(=O)N1CCn2cc(C(=O)NCc3cccnc3)nc2[C@H]1C. The Morgan fingerprint density at radius 2 is 2.20 bits per heavy atom. The second kappa shape index (κ2) is 7.46. The summed E-state index contributed by atoms with van der Waals surface area (Å²) in [5, 5.41) is 2.86. The highest BCUT2D eigenvalue weighted by atomic mass is 16.2. The van der Waals surface area contributed by atoms with E-state index in [1.165, 1.54) is 0 Å². The smallest absolute Gasteiger partial charge is 0.271 e. The number of hydrogen-bond acceptors (Lipinski definition) is 4. The zero-order valence-corrected chi connectivity index (χ0v) is 14.6. The quantitative estimate of drug-likeness (QED) is 0.901. The molecule has 0 aliphatic carbocycles. The number of fused-ring (bicyclic) bond motifs is 1. The molecule has 7 nitrogen and oxygen atoms in total. The molecule has 0 saturated carbocycles. The summed E-state index contributed by atoms with van der Waals surface area (Å²) in [7, 11) is 0. The van der Waals surface area contributed by atoms with Crippen molar-refractivity contribution in [1.82, 2.24) is 24.8 Å². The molecule has 3 rings (SSSR count).